The minimum atomic E-state index is -3.44. The van der Waals surface area contributed by atoms with E-state index in [2.05, 4.69) is 4.72 Å². The molecule has 1 aromatic rings. The lowest BCUT2D eigenvalue weighted by Gasteiger charge is -2.13. The average Bonchev–Trinajstić information content (AvgIpc) is 2.06. The van der Waals surface area contributed by atoms with Gasteiger partial charge in [-0.1, -0.05) is 0 Å². The summed E-state index contributed by atoms with van der Waals surface area (Å²) in [5.41, 5.74) is -0.0135. The molecule has 1 N–H and O–H groups in total. The van der Waals surface area contributed by atoms with Gasteiger partial charge in [-0.15, -0.1) is 0 Å². The van der Waals surface area contributed by atoms with Crippen LogP contribution >= 0.6 is 0 Å². The van der Waals surface area contributed by atoms with Crippen molar-refractivity contribution in [2.45, 2.75) is 13.0 Å². The third-order valence-corrected chi connectivity index (χ3v) is 2.60. The molecule has 1 rings (SSSR count). The second kappa shape index (κ2) is 4.24. The van der Waals surface area contributed by atoms with Crippen LogP contribution in [0.15, 0.2) is 18.2 Å². The minimum absolute atomic E-state index is 0.0135. The largest absolute Gasteiger partial charge is 0.213 e. The fourth-order valence-corrected chi connectivity index (χ4v) is 2.00. The first-order valence-corrected chi connectivity index (χ1v) is 6.11. The molecule has 0 bridgehead atoms. The molecule has 0 aliphatic rings. The quantitative estimate of drug-likeness (QED) is 0.864. The molecule has 0 saturated heterocycles. The third-order valence-electron chi connectivity index (χ3n) is 1.82. The van der Waals surface area contributed by atoms with Crippen molar-refractivity contribution in [3.63, 3.8) is 0 Å². The first-order valence-electron chi connectivity index (χ1n) is 4.22. The zero-order valence-electron chi connectivity index (χ0n) is 8.29. The Kier molecular flexibility index (Phi) is 3.41. The van der Waals surface area contributed by atoms with E-state index in [4.69, 9.17) is 0 Å². The van der Waals surface area contributed by atoms with E-state index >= 15 is 0 Å². The summed E-state index contributed by atoms with van der Waals surface area (Å²) in [5, 5.41) is 0. The van der Waals surface area contributed by atoms with Crippen molar-refractivity contribution < 1.29 is 17.2 Å². The van der Waals surface area contributed by atoms with Gasteiger partial charge in [0.2, 0.25) is 10.0 Å². The highest BCUT2D eigenvalue weighted by Gasteiger charge is 2.15. The Labute approximate surface area is 87.2 Å². The smallest absolute Gasteiger partial charge is 0.209 e. The summed E-state index contributed by atoms with van der Waals surface area (Å²) >= 11 is 0. The Hall–Kier alpha value is -1.01. The fourth-order valence-electron chi connectivity index (χ4n) is 1.23. The number of nitrogens with one attached hydrogen (secondary N) is 1. The van der Waals surface area contributed by atoms with Crippen LogP contribution in [0.2, 0.25) is 0 Å². The molecule has 15 heavy (non-hydrogen) atoms. The van der Waals surface area contributed by atoms with E-state index in [1.807, 2.05) is 0 Å². The van der Waals surface area contributed by atoms with Gasteiger partial charge in [0.05, 0.1) is 6.26 Å². The Bertz CT molecular complexity index is 459. The van der Waals surface area contributed by atoms with Crippen LogP contribution in [0.1, 0.15) is 18.5 Å². The van der Waals surface area contributed by atoms with E-state index in [-0.39, 0.29) is 5.56 Å². The van der Waals surface area contributed by atoms with Gasteiger partial charge in [-0.3, -0.25) is 0 Å². The van der Waals surface area contributed by atoms with Gasteiger partial charge in [0.1, 0.15) is 11.6 Å². The molecule has 0 spiro atoms. The zero-order chi connectivity index (χ0) is 11.6. The predicted molar refractivity (Wildman–Crippen MR) is 52.8 cm³/mol. The van der Waals surface area contributed by atoms with Gasteiger partial charge in [-0.25, -0.2) is 21.9 Å². The minimum Gasteiger partial charge on any atom is -0.213 e. The maximum Gasteiger partial charge on any atom is 0.209 e. The van der Waals surface area contributed by atoms with Crippen LogP contribution in [0.5, 0.6) is 0 Å². The maximum absolute atomic E-state index is 13.2. The fraction of sp³-hybridized carbons (Fsp3) is 0.333. The van der Waals surface area contributed by atoms with Gasteiger partial charge in [-0.2, -0.15) is 0 Å². The number of hydrogen-bond donors (Lipinski definition) is 1. The number of sulfonamides is 1. The molecule has 1 atom stereocenters. The van der Waals surface area contributed by atoms with E-state index in [0.29, 0.717) is 0 Å². The molecular formula is C9H11F2NO2S. The zero-order valence-corrected chi connectivity index (χ0v) is 9.11. The summed E-state index contributed by atoms with van der Waals surface area (Å²) in [5.74, 6) is -1.24. The Morgan fingerprint density at radius 2 is 1.93 bits per heavy atom. The van der Waals surface area contributed by atoms with Crippen molar-refractivity contribution in [1.82, 2.24) is 4.72 Å². The highest BCUT2D eigenvalue weighted by Crippen LogP contribution is 2.18. The molecule has 0 heterocycles. The summed E-state index contributed by atoms with van der Waals surface area (Å²) in [7, 11) is -3.44. The Balaban J connectivity index is 3.00. The van der Waals surface area contributed by atoms with Crippen molar-refractivity contribution in [3.05, 3.63) is 35.4 Å². The molecule has 0 aliphatic heterocycles. The van der Waals surface area contributed by atoms with Crippen molar-refractivity contribution in [3.8, 4) is 0 Å². The molecule has 3 nitrogen and oxygen atoms in total. The molecule has 0 radical (unpaired) electrons. The van der Waals surface area contributed by atoms with Crippen molar-refractivity contribution in [1.29, 1.82) is 0 Å². The van der Waals surface area contributed by atoms with Crippen molar-refractivity contribution in [2.75, 3.05) is 6.26 Å². The van der Waals surface area contributed by atoms with E-state index < -0.39 is 27.7 Å². The molecule has 0 aromatic heterocycles. The van der Waals surface area contributed by atoms with Gasteiger partial charge in [0.25, 0.3) is 0 Å². The molecule has 0 fully saturated rings. The van der Waals surface area contributed by atoms with Gasteiger partial charge in [0.15, 0.2) is 0 Å². The second-order valence-electron chi connectivity index (χ2n) is 3.28. The number of rotatable bonds is 3. The van der Waals surface area contributed by atoms with Crippen LogP contribution in [0.3, 0.4) is 0 Å². The molecule has 6 heteroatoms. The lowest BCUT2D eigenvalue weighted by Crippen LogP contribution is -2.26. The Morgan fingerprint density at radius 3 is 2.47 bits per heavy atom. The van der Waals surface area contributed by atoms with E-state index in [0.717, 1.165) is 24.5 Å². The summed E-state index contributed by atoms with van der Waals surface area (Å²) in [6, 6.07) is 2.12. The van der Waals surface area contributed by atoms with Crippen LogP contribution in [-0.2, 0) is 10.0 Å². The van der Waals surface area contributed by atoms with Crippen LogP contribution in [0, 0.1) is 11.6 Å². The summed E-state index contributed by atoms with van der Waals surface area (Å²) in [6.07, 6.45) is 0.959. The highest BCUT2D eigenvalue weighted by molar-refractivity contribution is 7.88. The second-order valence-corrected chi connectivity index (χ2v) is 5.06. The SMILES string of the molecule is C[C@@H](NS(C)(=O)=O)c1cc(F)ccc1F. The lowest BCUT2D eigenvalue weighted by molar-refractivity contribution is 0.544. The molecule has 0 amide bonds. The first-order chi connectivity index (χ1) is 6.79. The summed E-state index contributed by atoms with van der Waals surface area (Å²) in [6.45, 7) is 1.44. The molecule has 1 aromatic carbocycles. The van der Waals surface area contributed by atoms with E-state index in [9.17, 15) is 17.2 Å². The standard InChI is InChI=1S/C9H11F2NO2S/c1-6(12-15(2,13)14)8-5-7(10)3-4-9(8)11/h3-6,12H,1-2H3/t6-/m1/s1. The Morgan fingerprint density at radius 1 is 1.33 bits per heavy atom. The van der Waals surface area contributed by atoms with Crippen LogP contribution < -0.4 is 4.72 Å². The predicted octanol–water partition coefficient (Wildman–Crippen LogP) is 1.57. The monoisotopic (exact) mass is 235 g/mol. The number of benzene rings is 1. The molecule has 0 unspecified atom stereocenters. The van der Waals surface area contributed by atoms with Gasteiger partial charge < -0.3 is 0 Å². The van der Waals surface area contributed by atoms with Gasteiger partial charge in [-0.05, 0) is 25.1 Å². The van der Waals surface area contributed by atoms with E-state index in [1.54, 1.807) is 0 Å². The van der Waals surface area contributed by atoms with Crippen LogP contribution in [0.4, 0.5) is 8.78 Å². The highest BCUT2D eigenvalue weighted by atomic mass is 32.2. The normalized spacial score (nSPS) is 13.9. The van der Waals surface area contributed by atoms with Gasteiger partial charge >= 0.3 is 0 Å². The first kappa shape index (κ1) is 12.1. The summed E-state index contributed by atoms with van der Waals surface area (Å²) in [4.78, 5) is 0. The third kappa shape index (κ3) is 3.56. The van der Waals surface area contributed by atoms with Crippen LogP contribution in [-0.4, -0.2) is 14.7 Å². The van der Waals surface area contributed by atoms with Crippen molar-refractivity contribution in [2.24, 2.45) is 0 Å². The molecule has 84 valence electrons. The molecular weight excluding hydrogens is 224 g/mol. The average molecular weight is 235 g/mol. The molecule has 0 saturated carbocycles. The van der Waals surface area contributed by atoms with Crippen LogP contribution in [0.25, 0.3) is 0 Å². The maximum atomic E-state index is 13.2. The van der Waals surface area contributed by atoms with Crippen molar-refractivity contribution >= 4 is 10.0 Å². The van der Waals surface area contributed by atoms with E-state index in [1.165, 1.54) is 6.92 Å². The number of hydrogen-bond acceptors (Lipinski definition) is 2. The summed E-state index contributed by atoms with van der Waals surface area (Å²) < 4.78 is 49.9. The number of halogens is 2. The lowest BCUT2D eigenvalue weighted by atomic mass is 10.1. The molecule has 0 aliphatic carbocycles. The van der Waals surface area contributed by atoms with Gasteiger partial charge in [0, 0.05) is 11.6 Å². The topological polar surface area (TPSA) is 46.2 Å².